The van der Waals surface area contributed by atoms with Crippen molar-refractivity contribution in [2.24, 2.45) is 0 Å². The second-order valence-electron chi connectivity index (χ2n) is 3.20. The van der Waals surface area contributed by atoms with Crippen LogP contribution in [0.2, 0.25) is 0 Å². The molecule has 0 N–H and O–H groups in total. The Morgan fingerprint density at radius 2 is 2.08 bits per heavy atom. The molecule has 1 heterocycles. The lowest BCUT2D eigenvalue weighted by molar-refractivity contribution is 0.170. The molecule has 0 radical (unpaired) electrons. The van der Waals surface area contributed by atoms with Crippen molar-refractivity contribution in [2.45, 2.75) is 18.9 Å². The van der Waals surface area contributed by atoms with Gasteiger partial charge in [0.25, 0.3) is 0 Å². The van der Waals surface area contributed by atoms with Gasteiger partial charge in [-0.1, -0.05) is 12.1 Å². The molecule has 0 saturated carbocycles. The molecule has 2 rings (SSSR count). The number of rotatable bonds is 2. The molecule has 1 atom stereocenters. The molecule has 68 valence electrons. The van der Waals surface area contributed by atoms with Gasteiger partial charge in [0.05, 0.1) is 6.26 Å². The van der Waals surface area contributed by atoms with E-state index in [0.717, 1.165) is 18.4 Å². The zero-order valence-electron chi connectivity index (χ0n) is 7.24. The molecule has 1 nitrogen and oxygen atoms in total. The van der Waals surface area contributed by atoms with Crippen LogP contribution in [0.4, 0.5) is 4.39 Å². The first kappa shape index (κ1) is 8.30. The zero-order chi connectivity index (χ0) is 9.10. The first-order chi connectivity index (χ1) is 6.34. The van der Waals surface area contributed by atoms with E-state index in [2.05, 4.69) is 0 Å². The first-order valence-electron chi connectivity index (χ1n) is 4.39. The Morgan fingerprint density at radius 3 is 2.69 bits per heavy atom. The summed E-state index contributed by atoms with van der Waals surface area (Å²) in [6.07, 6.45) is 5.79. The average Bonchev–Trinajstić information content (AvgIpc) is 2.62. The third-order valence-corrected chi connectivity index (χ3v) is 2.14. The fourth-order valence-corrected chi connectivity index (χ4v) is 1.44. The maximum Gasteiger partial charge on any atom is 0.123 e. The van der Waals surface area contributed by atoms with Gasteiger partial charge < -0.3 is 4.74 Å². The summed E-state index contributed by atoms with van der Waals surface area (Å²) < 4.78 is 17.9. The van der Waals surface area contributed by atoms with Crippen molar-refractivity contribution >= 4 is 0 Å². The van der Waals surface area contributed by atoms with Gasteiger partial charge in [-0.05, 0) is 23.8 Å². The number of halogens is 1. The number of benzene rings is 1. The van der Waals surface area contributed by atoms with Crippen LogP contribution in [0, 0.1) is 5.82 Å². The molecule has 0 fully saturated rings. The van der Waals surface area contributed by atoms with Gasteiger partial charge in [0.1, 0.15) is 11.9 Å². The summed E-state index contributed by atoms with van der Waals surface area (Å²) in [5.74, 6) is -0.186. The van der Waals surface area contributed by atoms with Gasteiger partial charge in [-0.3, -0.25) is 0 Å². The summed E-state index contributed by atoms with van der Waals surface area (Å²) in [6.45, 7) is 0. The van der Waals surface area contributed by atoms with Gasteiger partial charge in [0, 0.05) is 12.8 Å². The van der Waals surface area contributed by atoms with Crippen LogP contribution in [-0.2, 0) is 11.2 Å². The third-order valence-electron chi connectivity index (χ3n) is 2.14. The van der Waals surface area contributed by atoms with Gasteiger partial charge in [-0.25, -0.2) is 4.39 Å². The largest absolute Gasteiger partial charge is 0.498 e. The highest BCUT2D eigenvalue weighted by Gasteiger charge is 2.11. The number of ether oxygens (including phenoxy) is 1. The maximum absolute atomic E-state index is 12.6. The van der Waals surface area contributed by atoms with Gasteiger partial charge in [-0.15, -0.1) is 0 Å². The molecule has 1 aliphatic rings. The molecular formula is C11H11FO. The number of hydrogen-bond donors (Lipinski definition) is 0. The van der Waals surface area contributed by atoms with Crippen molar-refractivity contribution in [3.05, 3.63) is 48.0 Å². The smallest absolute Gasteiger partial charge is 0.123 e. The standard InChI is InChI=1S/C11H11FO/c12-10-5-3-9(4-6-10)8-11-2-1-7-13-11/h1,3-7,11H,2,8H2. The van der Waals surface area contributed by atoms with Crippen LogP contribution in [0.1, 0.15) is 12.0 Å². The summed E-state index contributed by atoms with van der Waals surface area (Å²) in [6, 6.07) is 6.57. The molecule has 1 unspecified atom stereocenters. The van der Waals surface area contributed by atoms with E-state index < -0.39 is 0 Å². The highest BCUT2D eigenvalue weighted by molar-refractivity contribution is 5.17. The van der Waals surface area contributed by atoms with Crippen LogP contribution in [0.15, 0.2) is 36.6 Å². The lowest BCUT2D eigenvalue weighted by atomic mass is 10.1. The average molecular weight is 178 g/mol. The van der Waals surface area contributed by atoms with E-state index in [0.29, 0.717) is 0 Å². The quantitative estimate of drug-likeness (QED) is 0.676. The van der Waals surface area contributed by atoms with E-state index in [1.165, 1.54) is 12.1 Å². The molecule has 0 aliphatic carbocycles. The van der Waals surface area contributed by atoms with Gasteiger partial charge >= 0.3 is 0 Å². The Kier molecular flexibility index (Phi) is 2.30. The Balaban J connectivity index is 1.97. The molecule has 0 aromatic heterocycles. The minimum atomic E-state index is -0.186. The van der Waals surface area contributed by atoms with Crippen LogP contribution in [0.25, 0.3) is 0 Å². The van der Waals surface area contributed by atoms with E-state index in [1.54, 1.807) is 18.4 Å². The van der Waals surface area contributed by atoms with Crippen LogP contribution in [-0.4, -0.2) is 6.10 Å². The van der Waals surface area contributed by atoms with E-state index in [1.807, 2.05) is 6.08 Å². The van der Waals surface area contributed by atoms with E-state index in [9.17, 15) is 4.39 Å². The SMILES string of the molecule is Fc1ccc(CC2CC=CO2)cc1. The number of hydrogen-bond acceptors (Lipinski definition) is 1. The van der Waals surface area contributed by atoms with Crippen molar-refractivity contribution in [1.29, 1.82) is 0 Å². The molecule has 0 bridgehead atoms. The predicted molar refractivity (Wildman–Crippen MR) is 48.7 cm³/mol. The maximum atomic E-state index is 12.6. The summed E-state index contributed by atoms with van der Waals surface area (Å²) in [5.41, 5.74) is 1.12. The molecule has 13 heavy (non-hydrogen) atoms. The van der Waals surface area contributed by atoms with Crippen LogP contribution < -0.4 is 0 Å². The fraction of sp³-hybridized carbons (Fsp3) is 0.273. The zero-order valence-corrected chi connectivity index (χ0v) is 7.24. The van der Waals surface area contributed by atoms with Crippen molar-refractivity contribution < 1.29 is 9.13 Å². The second kappa shape index (κ2) is 3.60. The Hall–Kier alpha value is -1.31. The normalized spacial score (nSPS) is 20.2. The van der Waals surface area contributed by atoms with E-state index in [4.69, 9.17) is 4.74 Å². The molecular weight excluding hydrogens is 167 g/mol. The lowest BCUT2D eigenvalue weighted by Gasteiger charge is -2.09. The van der Waals surface area contributed by atoms with Gasteiger partial charge in [-0.2, -0.15) is 0 Å². The molecule has 2 heteroatoms. The van der Waals surface area contributed by atoms with Crippen molar-refractivity contribution in [2.75, 3.05) is 0 Å². The Morgan fingerprint density at radius 1 is 1.31 bits per heavy atom. The predicted octanol–water partition coefficient (Wildman–Crippen LogP) is 2.67. The molecule has 1 aromatic carbocycles. The highest BCUT2D eigenvalue weighted by atomic mass is 19.1. The third kappa shape index (κ3) is 2.08. The minimum Gasteiger partial charge on any atom is -0.498 e. The van der Waals surface area contributed by atoms with E-state index >= 15 is 0 Å². The van der Waals surface area contributed by atoms with Crippen molar-refractivity contribution in [3.8, 4) is 0 Å². The highest BCUT2D eigenvalue weighted by Crippen LogP contribution is 2.15. The Bertz CT molecular complexity index is 294. The van der Waals surface area contributed by atoms with Gasteiger partial charge in [0.2, 0.25) is 0 Å². The van der Waals surface area contributed by atoms with Gasteiger partial charge in [0.15, 0.2) is 0 Å². The molecule has 0 amide bonds. The van der Waals surface area contributed by atoms with Crippen LogP contribution in [0.5, 0.6) is 0 Å². The second-order valence-corrected chi connectivity index (χ2v) is 3.20. The molecule has 0 saturated heterocycles. The monoisotopic (exact) mass is 178 g/mol. The minimum absolute atomic E-state index is 0.186. The molecule has 1 aliphatic heterocycles. The summed E-state index contributed by atoms with van der Waals surface area (Å²) in [5, 5.41) is 0. The van der Waals surface area contributed by atoms with Crippen LogP contribution >= 0.6 is 0 Å². The Labute approximate surface area is 76.8 Å². The topological polar surface area (TPSA) is 9.23 Å². The van der Waals surface area contributed by atoms with Crippen molar-refractivity contribution in [3.63, 3.8) is 0 Å². The molecule has 0 spiro atoms. The first-order valence-corrected chi connectivity index (χ1v) is 4.39. The molecule has 1 aromatic rings. The van der Waals surface area contributed by atoms with Crippen LogP contribution in [0.3, 0.4) is 0 Å². The lowest BCUT2D eigenvalue weighted by Crippen LogP contribution is -2.08. The van der Waals surface area contributed by atoms with E-state index in [-0.39, 0.29) is 11.9 Å². The summed E-state index contributed by atoms with van der Waals surface area (Å²) >= 11 is 0. The summed E-state index contributed by atoms with van der Waals surface area (Å²) in [4.78, 5) is 0. The fourth-order valence-electron chi connectivity index (χ4n) is 1.44. The summed E-state index contributed by atoms with van der Waals surface area (Å²) in [7, 11) is 0. The van der Waals surface area contributed by atoms with Crippen molar-refractivity contribution in [1.82, 2.24) is 0 Å².